The number of imidazole rings is 1. The van der Waals surface area contributed by atoms with Crippen molar-refractivity contribution in [3.05, 3.63) is 34.3 Å². The summed E-state index contributed by atoms with van der Waals surface area (Å²) >= 11 is 3.25. The van der Waals surface area contributed by atoms with E-state index in [-0.39, 0.29) is 12.1 Å². The molecular formula is C14H20N4OS2. The lowest BCUT2D eigenvalue weighted by Gasteiger charge is -2.24. The third-order valence-corrected chi connectivity index (χ3v) is 5.29. The van der Waals surface area contributed by atoms with Crippen LogP contribution in [0.4, 0.5) is 4.79 Å². The van der Waals surface area contributed by atoms with Gasteiger partial charge in [-0.1, -0.05) is 17.8 Å². The van der Waals surface area contributed by atoms with Gasteiger partial charge in [0.15, 0.2) is 5.16 Å². The van der Waals surface area contributed by atoms with Gasteiger partial charge < -0.3 is 14.8 Å². The number of hydrogen-bond donors (Lipinski definition) is 1. The van der Waals surface area contributed by atoms with E-state index < -0.39 is 0 Å². The van der Waals surface area contributed by atoms with Gasteiger partial charge in [-0.15, -0.1) is 11.3 Å². The molecule has 2 aromatic heterocycles. The van der Waals surface area contributed by atoms with Gasteiger partial charge in [-0.2, -0.15) is 0 Å². The maximum Gasteiger partial charge on any atom is 0.317 e. The van der Waals surface area contributed by atoms with Crippen LogP contribution in [0.5, 0.6) is 0 Å². The van der Waals surface area contributed by atoms with Crippen molar-refractivity contribution in [1.82, 2.24) is 19.8 Å². The lowest BCUT2D eigenvalue weighted by molar-refractivity contribution is 0.194. The van der Waals surface area contributed by atoms with Gasteiger partial charge in [0.05, 0.1) is 24.5 Å². The second-order valence-electron chi connectivity index (χ2n) is 4.76. The molecule has 0 aliphatic rings. The molecule has 0 aromatic carbocycles. The van der Waals surface area contributed by atoms with E-state index in [2.05, 4.69) is 10.3 Å². The van der Waals surface area contributed by atoms with E-state index in [1.54, 1.807) is 34.2 Å². The molecule has 2 amide bonds. The Bertz CT molecular complexity index is 594. The van der Waals surface area contributed by atoms with Crippen LogP contribution in [0, 0.1) is 0 Å². The molecule has 0 radical (unpaired) electrons. The van der Waals surface area contributed by atoms with E-state index in [0.29, 0.717) is 6.54 Å². The lowest BCUT2D eigenvalue weighted by Crippen LogP contribution is -2.38. The Kier molecular flexibility index (Phi) is 5.30. The summed E-state index contributed by atoms with van der Waals surface area (Å²) in [5.41, 5.74) is 0.991. The number of rotatable bonds is 5. The van der Waals surface area contributed by atoms with Crippen LogP contribution >= 0.6 is 23.1 Å². The highest BCUT2D eigenvalue weighted by molar-refractivity contribution is 7.98. The molecule has 0 fully saturated rings. The summed E-state index contributed by atoms with van der Waals surface area (Å²) < 4.78 is 1.99. The molecule has 1 N–H and O–H groups in total. The van der Waals surface area contributed by atoms with Crippen molar-refractivity contribution in [1.29, 1.82) is 0 Å². The average Bonchev–Trinajstić information content (AvgIpc) is 3.13. The summed E-state index contributed by atoms with van der Waals surface area (Å²) in [4.78, 5) is 19.4. The Balaban J connectivity index is 1.93. The second kappa shape index (κ2) is 7.00. The number of thioether (sulfide) groups is 1. The van der Waals surface area contributed by atoms with Gasteiger partial charge in [0.2, 0.25) is 0 Å². The van der Waals surface area contributed by atoms with Crippen LogP contribution in [0.3, 0.4) is 0 Å². The average molecular weight is 324 g/mol. The number of nitrogens with zero attached hydrogens (tertiary/aromatic N) is 3. The van der Waals surface area contributed by atoms with E-state index in [9.17, 15) is 4.79 Å². The summed E-state index contributed by atoms with van der Waals surface area (Å²) in [6.07, 6.45) is 3.79. The highest BCUT2D eigenvalue weighted by atomic mass is 32.2. The van der Waals surface area contributed by atoms with Gasteiger partial charge in [0.25, 0.3) is 0 Å². The summed E-state index contributed by atoms with van der Waals surface area (Å²) in [7, 11) is 3.77. The predicted octanol–water partition coefficient (Wildman–Crippen LogP) is 3.11. The molecule has 0 saturated heterocycles. The zero-order valence-corrected chi connectivity index (χ0v) is 14.3. The smallest absolute Gasteiger partial charge is 0.317 e. The van der Waals surface area contributed by atoms with Crippen LogP contribution in [0.1, 0.15) is 23.5 Å². The Morgan fingerprint density at radius 3 is 2.95 bits per heavy atom. The first-order valence-electron chi connectivity index (χ1n) is 6.63. The van der Waals surface area contributed by atoms with Crippen LogP contribution in [0.15, 0.2) is 28.9 Å². The molecule has 21 heavy (non-hydrogen) atoms. The maximum absolute atomic E-state index is 12.2. The van der Waals surface area contributed by atoms with E-state index in [1.807, 2.05) is 49.4 Å². The largest absolute Gasteiger partial charge is 0.332 e. The first-order chi connectivity index (χ1) is 10.0. The quantitative estimate of drug-likeness (QED) is 0.860. The zero-order valence-electron chi connectivity index (χ0n) is 12.7. The van der Waals surface area contributed by atoms with E-state index in [4.69, 9.17) is 0 Å². The van der Waals surface area contributed by atoms with Crippen LogP contribution < -0.4 is 5.32 Å². The molecule has 0 bridgehead atoms. The number of nitrogens with one attached hydrogen (secondary N) is 1. The molecular weight excluding hydrogens is 304 g/mol. The number of carbonyl (C=O) groups is 1. The monoisotopic (exact) mass is 324 g/mol. The number of aromatic nitrogens is 2. The number of amides is 2. The Morgan fingerprint density at radius 1 is 1.62 bits per heavy atom. The standard InChI is InChI=1S/C14H20N4OS2/c1-10(12-6-5-7-21-12)17(2)13(19)15-8-11-9-16-14(20-4)18(11)3/h5-7,9-10H,8H2,1-4H3,(H,15,19). The van der Waals surface area contributed by atoms with E-state index in [1.165, 1.54) is 4.88 Å². The van der Waals surface area contributed by atoms with E-state index >= 15 is 0 Å². The molecule has 1 unspecified atom stereocenters. The van der Waals surface area contributed by atoms with Crippen LogP contribution in [0.2, 0.25) is 0 Å². The molecule has 2 heterocycles. The number of hydrogen-bond acceptors (Lipinski definition) is 4. The molecule has 0 saturated carbocycles. The van der Waals surface area contributed by atoms with Crippen molar-refractivity contribution in [2.45, 2.75) is 24.7 Å². The minimum atomic E-state index is -0.0807. The van der Waals surface area contributed by atoms with Crippen molar-refractivity contribution in [2.24, 2.45) is 7.05 Å². The van der Waals surface area contributed by atoms with Gasteiger partial charge in [-0.25, -0.2) is 9.78 Å². The number of urea groups is 1. The van der Waals surface area contributed by atoms with Crippen molar-refractivity contribution in [2.75, 3.05) is 13.3 Å². The number of carbonyl (C=O) groups excluding carboxylic acids is 1. The normalized spacial score (nSPS) is 12.2. The first-order valence-corrected chi connectivity index (χ1v) is 8.73. The fourth-order valence-electron chi connectivity index (χ4n) is 1.97. The van der Waals surface area contributed by atoms with Gasteiger partial charge >= 0.3 is 6.03 Å². The van der Waals surface area contributed by atoms with Crippen molar-refractivity contribution < 1.29 is 4.79 Å². The Morgan fingerprint density at radius 2 is 2.38 bits per heavy atom. The summed E-state index contributed by atoms with van der Waals surface area (Å²) in [6, 6.07) is 4.04. The second-order valence-corrected chi connectivity index (χ2v) is 6.51. The fraction of sp³-hybridized carbons (Fsp3) is 0.429. The van der Waals surface area contributed by atoms with Crippen LogP contribution in [-0.4, -0.2) is 33.8 Å². The molecule has 2 aromatic rings. The Hall–Kier alpha value is -1.47. The molecule has 2 rings (SSSR count). The zero-order chi connectivity index (χ0) is 15.4. The van der Waals surface area contributed by atoms with Crippen LogP contribution in [0.25, 0.3) is 0 Å². The molecule has 0 aliphatic carbocycles. The van der Waals surface area contributed by atoms with Gasteiger partial charge in [-0.05, 0) is 24.6 Å². The summed E-state index contributed by atoms with van der Waals surface area (Å²) in [5, 5.41) is 5.91. The SMILES string of the molecule is CSc1ncc(CNC(=O)N(C)C(C)c2cccs2)n1C. The third-order valence-electron chi connectivity index (χ3n) is 3.50. The van der Waals surface area contributed by atoms with Crippen LogP contribution in [-0.2, 0) is 13.6 Å². The minimum absolute atomic E-state index is 0.0679. The highest BCUT2D eigenvalue weighted by Gasteiger charge is 2.18. The minimum Gasteiger partial charge on any atom is -0.332 e. The molecule has 7 heteroatoms. The van der Waals surface area contributed by atoms with E-state index in [0.717, 1.165) is 10.9 Å². The molecule has 0 aliphatic heterocycles. The number of thiophene rings is 1. The maximum atomic E-state index is 12.2. The highest BCUT2D eigenvalue weighted by Crippen LogP contribution is 2.23. The topological polar surface area (TPSA) is 50.2 Å². The van der Waals surface area contributed by atoms with Gasteiger partial charge in [0, 0.05) is 19.0 Å². The molecule has 1 atom stereocenters. The predicted molar refractivity (Wildman–Crippen MR) is 87.7 cm³/mol. The first kappa shape index (κ1) is 15.9. The molecule has 0 spiro atoms. The molecule has 5 nitrogen and oxygen atoms in total. The van der Waals surface area contributed by atoms with Gasteiger partial charge in [0.1, 0.15) is 0 Å². The summed E-state index contributed by atoms with van der Waals surface area (Å²) in [5.74, 6) is 0. The third kappa shape index (κ3) is 3.59. The van der Waals surface area contributed by atoms with Crippen molar-refractivity contribution >= 4 is 29.1 Å². The van der Waals surface area contributed by atoms with Gasteiger partial charge in [-0.3, -0.25) is 0 Å². The summed E-state index contributed by atoms with van der Waals surface area (Å²) in [6.45, 7) is 2.51. The van der Waals surface area contributed by atoms with Crippen molar-refractivity contribution in [3.63, 3.8) is 0 Å². The lowest BCUT2D eigenvalue weighted by atomic mass is 10.2. The Labute approximate surface area is 133 Å². The van der Waals surface area contributed by atoms with Crippen molar-refractivity contribution in [3.8, 4) is 0 Å². The fourth-order valence-corrected chi connectivity index (χ4v) is 3.34. The molecule has 114 valence electrons.